The van der Waals surface area contributed by atoms with Gasteiger partial charge in [0, 0.05) is 38.9 Å². The molecule has 0 heterocycles. The SMILES string of the molecule is CCCCCCCC(=O)OCCCCCOC(=O)CC(CC(=O)OCCCCCOC(=O)CCCCCCC)(OC(=O)CCN(C)CCNC(=O)OC(C)(C)C)C(=O)OCCCCCOC(=O)CCCCCCC. The molecule has 0 saturated carbocycles. The van der Waals surface area contributed by atoms with Gasteiger partial charge in [-0.25, -0.2) is 9.59 Å². The van der Waals surface area contributed by atoms with Gasteiger partial charge in [0.1, 0.15) is 5.60 Å². The number of amides is 1. The molecule has 0 atom stereocenters. The number of hydrogen-bond acceptors (Lipinski definition) is 17. The van der Waals surface area contributed by atoms with Crippen LogP contribution in [-0.4, -0.2) is 130 Å². The number of esters is 7. The van der Waals surface area contributed by atoms with Crippen LogP contribution in [0.15, 0.2) is 0 Å². The van der Waals surface area contributed by atoms with E-state index in [-0.39, 0.29) is 77.1 Å². The molecule has 0 spiro atoms. The molecule has 0 radical (unpaired) electrons. The molecule has 1 amide bonds. The third kappa shape index (κ3) is 42.8. The minimum atomic E-state index is -2.44. The fourth-order valence-corrected chi connectivity index (χ4v) is 7.42. The molecule has 0 aliphatic rings. The summed E-state index contributed by atoms with van der Waals surface area (Å²) in [6.45, 7) is 12.8. The lowest BCUT2D eigenvalue weighted by Gasteiger charge is -2.30. The Kier molecular flexibility index (Phi) is 43.1. The second kappa shape index (κ2) is 45.9. The standard InChI is InChI=1S/C56H100N2O16/c1-8-11-14-17-23-32-47(59)67-39-26-20-29-42-70-51(63)45-56(73-50(62)35-37-58(7)38-36-57-54(66)74-55(4,5)6,53(65)72-44-31-22-28-41-69-49(61)34-25-19-16-13-10-3)46-52(64)71-43-30-21-27-40-68-48(60)33-24-18-15-12-9-2/h8-46H2,1-7H3,(H,57,66). The van der Waals surface area contributed by atoms with Gasteiger partial charge < -0.3 is 48.1 Å². The molecule has 0 bridgehead atoms. The molecule has 0 fully saturated rings. The molecule has 18 heteroatoms. The number of nitrogens with one attached hydrogen (secondary N) is 1. The van der Waals surface area contributed by atoms with Gasteiger partial charge in [-0.15, -0.1) is 0 Å². The number of nitrogens with zero attached hydrogens (tertiary/aromatic N) is 1. The largest absolute Gasteiger partial charge is 0.466 e. The normalized spacial score (nSPS) is 11.4. The Bertz CT molecular complexity index is 1480. The van der Waals surface area contributed by atoms with Crippen LogP contribution >= 0.6 is 0 Å². The van der Waals surface area contributed by atoms with Crippen molar-refractivity contribution in [2.45, 2.75) is 245 Å². The molecule has 18 nitrogen and oxygen atoms in total. The molecule has 0 unspecified atom stereocenters. The monoisotopic (exact) mass is 1060 g/mol. The summed E-state index contributed by atoms with van der Waals surface area (Å²) < 4.78 is 43.8. The second-order valence-corrected chi connectivity index (χ2v) is 20.2. The van der Waals surface area contributed by atoms with Crippen LogP contribution < -0.4 is 5.32 Å². The van der Waals surface area contributed by atoms with E-state index in [4.69, 9.17) is 37.9 Å². The van der Waals surface area contributed by atoms with E-state index < -0.39 is 54.0 Å². The lowest BCUT2D eigenvalue weighted by molar-refractivity contribution is -0.191. The molecule has 0 rings (SSSR count). The topological polar surface area (TPSA) is 226 Å². The third-order valence-electron chi connectivity index (χ3n) is 11.8. The fraction of sp³-hybridized carbons (Fsp3) is 0.857. The van der Waals surface area contributed by atoms with Crippen molar-refractivity contribution in [2.75, 3.05) is 66.3 Å². The number of carbonyl (C=O) groups is 8. The number of likely N-dealkylation sites (N-methyl/N-ethyl adjacent to an activating group) is 1. The second-order valence-electron chi connectivity index (χ2n) is 20.2. The first-order valence-electron chi connectivity index (χ1n) is 28.3. The quantitative estimate of drug-likeness (QED) is 0.0339. The summed E-state index contributed by atoms with van der Waals surface area (Å²) in [5, 5.41) is 2.66. The van der Waals surface area contributed by atoms with Gasteiger partial charge in [-0.2, -0.15) is 0 Å². The van der Waals surface area contributed by atoms with Gasteiger partial charge in [0.05, 0.1) is 58.9 Å². The predicted octanol–water partition coefficient (Wildman–Crippen LogP) is 10.7. The molecule has 0 aromatic carbocycles. The molecule has 0 saturated heterocycles. The predicted molar refractivity (Wildman–Crippen MR) is 282 cm³/mol. The molecular formula is C56H100N2O16. The maximum atomic E-state index is 14.2. The van der Waals surface area contributed by atoms with Crippen molar-refractivity contribution < 1.29 is 76.3 Å². The first-order chi connectivity index (χ1) is 35.5. The van der Waals surface area contributed by atoms with E-state index in [1.54, 1.807) is 32.7 Å². The molecular weight excluding hydrogens is 957 g/mol. The average Bonchev–Trinajstić information content (AvgIpc) is 3.33. The van der Waals surface area contributed by atoms with Crippen LogP contribution in [0.3, 0.4) is 0 Å². The molecule has 74 heavy (non-hydrogen) atoms. The number of ether oxygens (including phenoxy) is 8. The Labute approximate surface area is 444 Å². The summed E-state index contributed by atoms with van der Waals surface area (Å²) in [7, 11) is 1.72. The fourth-order valence-electron chi connectivity index (χ4n) is 7.42. The first kappa shape index (κ1) is 69.5. The van der Waals surface area contributed by atoms with Crippen LogP contribution in [0.4, 0.5) is 4.79 Å². The van der Waals surface area contributed by atoms with Crippen LogP contribution in [0, 0.1) is 0 Å². The van der Waals surface area contributed by atoms with Gasteiger partial charge in [-0.1, -0.05) is 97.8 Å². The lowest BCUT2D eigenvalue weighted by Crippen LogP contribution is -2.49. The van der Waals surface area contributed by atoms with Crippen LogP contribution in [-0.2, 0) is 71.5 Å². The highest BCUT2D eigenvalue weighted by Gasteiger charge is 2.49. The van der Waals surface area contributed by atoms with Gasteiger partial charge in [-0.05, 0) is 105 Å². The Hall–Kier alpha value is -4.48. The van der Waals surface area contributed by atoms with Crippen LogP contribution in [0.5, 0.6) is 0 Å². The van der Waals surface area contributed by atoms with Crippen LogP contribution in [0.25, 0.3) is 0 Å². The Morgan fingerprint density at radius 1 is 0.378 bits per heavy atom. The highest BCUT2D eigenvalue weighted by Crippen LogP contribution is 2.27. The first-order valence-corrected chi connectivity index (χ1v) is 28.3. The highest BCUT2D eigenvalue weighted by atomic mass is 16.6. The minimum absolute atomic E-state index is 0.0481. The Morgan fingerprint density at radius 2 is 0.716 bits per heavy atom. The van der Waals surface area contributed by atoms with E-state index in [1.807, 2.05) is 0 Å². The molecule has 1 N–H and O–H groups in total. The average molecular weight is 1060 g/mol. The number of unbranched alkanes of at least 4 members (excludes halogenated alkanes) is 18. The zero-order chi connectivity index (χ0) is 55.1. The van der Waals surface area contributed by atoms with Gasteiger partial charge in [0.25, 0.3) is 0 Å². The maximum Gasteiger partial charge on any atom is 0.407 e. The summed E-state index contributed by atoms with van der Waals surface area (Å²) in [5.74, 6) is -4.57. The van der Waals surface area contributed by atoms with E-state index in [1.165, 1.54) is 0 Å². The van der Waals surface area contributed by atoms with E-state index in [0.29, 0.717) is 83.6 Å². The smallest absolute Gasteiger partial charge is 0.407 e. The molecule has 0 aromatic rings. The zero-order valence-electron chi connectivity index (χ0n) is 47.1. The van der Waals surface area contributed by atoms with Crippen LogP contribution in [0.2, 0.25) is 0 Å². The number of alkyl carbamates (subject to hydrolysis) is 1. The minimum Gasteiger partial charge on any atom is -0.466 e. The van der Waals surface area contributed by atoms with Crippen LogP contribution in [0.1, 0.15) is 234 Å². The number of rotatable bonds is 48. The van der Waals surface area contributed by atoms with Gasteiger partial charge in [0.15, 0.2) is 0 Å². The Morgan fingerprint density at radius 3 is 1.08 bits per heavy atom. The lowest BCUT2D eigenvalue weighted by atomic mass is 9.94. The van der Waals surface area contributed by atoms with Crippen molar-refractivity contribution in [1.29, 1.82) is 0 Å². The third-order valence-corrected chi connectivity index (χ3v) is 11.8. The van der Waals surface area contributed by atoms with Gasteiger partial charge in [-0.3, -0.25) is 28.8 Å². The summed E-state index contributed by atoms with van der Waals surface area (Å²) >= 11 is 0. The van der Waals surface area contributed by atoms with Crippen molar-refractivity contribution in [3.8, 4) is 0 Å². The van der Waals surface area contributed by atoms with E-state index in [0.717, 1.165) is 96.3 Å². The molecule has 0 aliphatic carbocycles. The van der Waals surface area contributed by atoms with Crippen molar-refractivity contribution in [1.82, 2.24) is 10.2 Å². The Balaban J connectivity index is 5.83. The number of carbonyl (C=O) groups excluding carboxylic acids is 8. The van der Waals surface area contributed by atoms with Crippen molar-refractivity contribution >= 4 is 47.9 Å². The van der Waals surface area contributed by atoms with E-state index in [9.17, 15) is 38.4 Å². The van der Waals surface area contributed by atoms with Crippen molar-refractivity contribution in [3.63, 3.8) is 0 Å². The highest BCUT2D eigenvalue weighted by molar-refractivity contribution is 5.92. The summed E-state index contributed by atoms with van der Waals surface area (Å²) in [6, 6.07) is 0. The van der Waals surface area contributed by atoms with E-state index >= 15 is 0 Å². The summed E-state index contributed by atoms with van der Waals surface area (Å²) in [4.78, 5) is 105. The van der Waals surface area contributed by atoms with E-state index in [2.05, 4.69) is 26.1 Å². The summed E-state index contributed by atoms with van der Waals surface area (Å²) in [5.41, 5.74) is -3.12. The summed E-state index contributed by atoms with van der Waals surface area (Å²) in [6.07, 6.45) is 18.5. The van der Waals surface area contributed by atoms with Crippen molar-refractivity contribution in [2.24, 2.45) is 0 Å². The molecule has 0 aromatic heterocycles. The molecule has 430 valence electrons. The van der Waals surface area contributed by atoms with Crippen molar-refractivity contribution in [3.05, 3.63) is 0 Å². The zero-order valence-corrected chi connectivity index (χ0v) is 47.1. The molecule has 0 aliphatic heterocycles. The maximum absolute atomic E-state index is 14.2. The van der Waals surface area contributed by atoms with Gasteiger partial charge in [0.2, 0.25) is 5.60 Å². The van der Waals surface area contributed by atoms with Gasteiger partial charge >= 0.3 is 47.9 Å². The number of hydrogen-bond donors (Lipinski definition) is 1.